The minimum atomic E-state index is -3.88. The molecule has 2 heterocycles. The Morgan fingerprint density at radius 1 is 0.967 bits per heavy atom. The number of carbonyl (C=O) groups excluding carboxylic acids is 2. The Kier molecular flexibility index (Phi) is 5.91. The van der Waals surface area contributed by atoms with Gasteiger partial charge in [0.05, 0.1) is 5.56 Å². The fourth-order valence-corrected chi connectivity index (χ4v) is 4.48. The van der Waals surface area contributed by atoms with Crippen LogP contribution in [0.2, 0.25) is 0 Å². The number of nitrogens with zero attached hydrogens (tertiary/aromatic N) is 2. The third-order valence-electron chi connectivity index (χ3n) is 4.49. The Hall–Kier alpha value is -2.85. The van der Waals surface area contributed by atoms with Gasteiger partial charge in [0.1, 0.15) is 5.75 Å². The summed E-state index contributed by atoms with van der Waals surface area (Å²) in [5.41, 5.74) is -0.476. The number of piperazine rings is 1. The molecule has 0 radical (unpaired) electrons. The third-order valence-corrected chi connectivity index (χ3v) is 6.12. The molecule has 2 amide bonds. The van der Waals surface area contributed by atoms with E-state index in [1.54, 1.807) is 43.9 Å². The number of hydrogen-bond acceptors (Lipinski definition) is 6. The fourth-order valence-electron chi connectivity index (χ4n) is 3.13. The number of rotatable bonds is 4. The maximum Gasteiger partial charge on any atom is 0.289 e. The molecule has 30 heavy (non-hydrogen) atoms. The molecule has 3 rings (SSSR count). The van der Waals surface area contributed by atoms with Crippen LogP contribution in [0.25, 0.3) is 0 Å². The van der Waals surface area contributed by atoms with Gasteiger partial charge in [-0.15, -0.1) is 0 Å². The summed E-state index contributed by atoms with van der Waals surface area (Å²) in [4.78, 5) is 28.3. The SMILES string of the molecule is CC(C)(C)NS(=O)(=O)c1ccc(C(=O)N2CCN(C(=O)c3ccccc3O)CC2)o1. The summed E-state index contributed by atoms with van der Waals surface area (Å²) in [6.07, 6.45) is 0. The number of hydrogen-bond donors (Lipinski definition) is 2. The van der Waals surface area contributed by atoms with Gasteiger partial charge in [-0.1, -0.05) is 12.1 Å². The van der Waals surface area contributed by atoms with Crippen LogP contribution in [0.5, 0.6) is 5.75 Å². The molecule has 1 fully saturated rings. The largest absolute Gasteiger partial charge is 0.507 e. The number of nitrogens with one attached hydrogen (secondary N) is 1. The first kappa shape index (κ1) is 21.8. The number of para-hydroxylation sites is 1. The number of phenols is 1. The van der Waals surface area contributed by atoms with Crippen molar-refractivity contribution in [1.82, 2.24) is 14.5 Å². The molecule has 1 aliphatic heterocycles. The van der Waals surface area contributed by atoms with Crippen LogP contribution in [0.15, 0.2) is 45.9 Å². The lowest BCUT2D eigenvalue weighted by Gasteiger charge is -2.34. The van der Waals surface area contributed by atoms with Gasteiger partial charge < -0.3 is 19.3 Å². The lowest BCUT2D eigenvalue weighted by Crippen LogP contribution is -2.50. The van der Waals surface area contributed by atoms with Gasteiger partial charge in [-0.05, 0) is 45.0 Å². The molecule has 1 aliphatic rings. The van der Waals surface area contributed by atoms with E-state index in [0.717, 1.165) is 0 Å². The molecule has 0 bridgehead atoms. The van der Waals surface area contributed by atoms with E-state index in [0.29, 0.717) is 0 Å². The molecule has 1 saturated heterocycles. The summed E-state index contributed by atoms with van der Waals surface area (Å²) in [7, 11) is -3.88. The molecule has 0 atom stereocenters. The normalized spacial score (nSPS) is 15.3. The second kappa shape index (κ2) is 8.11. The average molecular weight is 436 g/mol. The number of amides is 2. The zero-order chi connectivity index (χ0) is 22.1. The van der Waals surface area contributed by atoms with Crippen LogP contribution < -0.4 is 4.72 Å². The first-order valence-electron chi connectivity index (χ1n) is 9.48. The molecule has 1 aromatic heterocycles. The van der Waals surface area contributed by atoms with Gasteiger partial charge in [0.25, 0.3) is 21.8 Å². The molecule has 1 aromatic carbocycles. The van der Waals surface area contributed by atoms with E-state index in [9.17, 15) is 23.1 Å². The summed E-state index contributed by atoms with van der Waals surface area (Å²) in [6.45, 7) is 6.22. The molecule has 2 N–H and O–H groups in total. The number of phenolic OH excluding ortho intramolecular Hbond substituents is 1. The molecule has 0 aliphatic carbocycles. The molecule has 0 saturated carbocycles. The van der Waals surface area contributed by atoms with Gasteiger partial charge in [-0.25, -0.2) is 13.1 Å². The Labute approximate surface area is 175 Å². The first-order chi connectivity index (χ1) is 14.0. The van der Waals surface area contributed by atoms with E-state index in [1.165, 1.54) is 23.1 Å². The zero-order valence-electron chi connectivity index (χ0n) is 17.1. The van der Waals surface area contributed by atoms with Crippen molar-refractivity contribution in [1.29, 1.82) is 0 Å². The topological polar surface area (TPSA) is 120 Å². The monoisotopic (exact) mass is 435 g/mol. The predicted molar refractivity (Wildman–Crippen MR) is 109 cm³/mol. The van der Waals surface area contributed by atoms with E-state index in [4.69, 9.17) is 4.42 Å². The van der Waals surface area contributed by atoms with E-state index < -0.39 is 21.5 Å². The Balaban J connectivity index is 1.64. The molecule has 0 unspecified atom stereocenters. The molecule has 0 spiro atoms. The number of aromatic hydroxyl groups is 1. The Bertz CT molecular complexity index is 1050. The highest BCUT2D eigenvalue weighted by Gasteiger charge is 2.30. The van der Waals surface area contributed by atoms with Crippen LogP contribution >= 0.6 is 0 Å². The van der Waals surface area contributed by atoms with Gasteiger partial charge in [-0.2, -0.15) is 0 Å². The first-order valence-corrected chi connectivity index (χ1v) is 11.0. The van der Waals surface area contributed by atoms with E-state index in [-0.39, 0.29) is 54.3 Å². The average Bonchev–Trinajstić information content (AvgIpc) is 3.17. The second-order valence-electron chi connectivity index (χ2n) is 8.08. The molecule has 162 valence electrons. The van der Waals surface area contributed by atoms with Gasteiger partial charge in [-0.3, -0.25) is 9.59 Å². The van der Waals surface area contributed by atoms with Crippen molar-refractivity contribution in [3.8, 4) is 5.75 Å². The van der Waals surface area contributed by atoms with Crippen molar-refractivity contribution >= 4 is 21.8 Å². The number of sulfonamides is 1. The number of carbonyl (C=O) groups is 2. The van der Waals surface area contributed by atoms with Gasteiger partial charge in [0.2, 0.25) is 5.09 Å². The van der Waals surface area contributed by atoms with Crippen molar-refractivity contribution in [3.63, 3.8) is 0 Å². The van der Waals surface area contributed by atoms with E-state index in [2.05, 4.69) is 4.72 Å². The highest BCUT2D eigenvalue weighted by molar-refractivity contribution is 7.89. The number of furan rings is 1. The van der Waals surface area contributed by atoms with Crippen molar-refractivity contribution in [3.05, 3.63) is 47.7 Å². The maximum atomic E-state index is 12.7. The lowest BCUT2D eigenvalue weighted by atomic mass is 10.1. The fraction of sp³-hybridized carbons (Fsp3) is 0.400. The molecule has 10 heteroatoms. The van der Waals surface area contributed by atoms with Crippen molar-refractivity contribution in [2.24, 2.45) is 0 Å². The summed E-state index contributed by atoms with van der Waals surface area (Å²) in [5, 5.41) is 9.54. The predicted octanol–water partition coefficient (Wildman–Crippen LogP) is 1.66. The van der Waals surface area contributed by atoms with Crippen LogP contribution in [-0.2, 0) is 10.0 Å². The van der Waals surface area contributed by atoms with Crippen molar-refractivity contribution < 1.29 is 27.5 Å². The van der Waals surface area contributed by atoms with Crippen molar-refractivity contribution in [2.75, 3.05) is 26.2 Å². The third kappa shape index (κ3) is 4.82. The minimum Gasteiger partial charge on any atom is -0.507 e. The van der Waals surface area contributed by atoms with Crippen molar-refractivity contribution in [2.45, 2.75) is 31.4 Å². The van der Waals surface area contributed by atoms with Crippen LogP contribution in [0.4, 0.5) is 0 Å². The molecule has 9 nitrogen and oxygen atoms in total. The van der Waals surface area contributed by atoms with Crippen LogP contribution in [0.3, 0.4) is 0 Å². The van der Waals surface area contributed by atoms with Gasteiger partial charge >= 0.3 is 0 Å². The molecular formula is C20H25N3O6S. The maximum absolute atomic E-state index is 12.7. The zero-order valence-corrected chi connectivity index (χ0v) is 17.9. The van der Waals surface area contributed by atoms with Gasteiger partial charge in [0.15, 0.2) is 5.76 Å². The second-order valence-corrected chi connectivity index (χ2v) is 9.69. The quantitative estimate of drug-likeness (QED) is 0.754. The lowest BCUT2D eigenvalue weighted by molar-refractivity contribution is 0.0513. The number of benzene rings is 1. The van der Waals surface area contributed by atoms with Crippen LogP contribution in [0, 0.1) is 0 Å². The van der Waals surface area contributed by atoms with Crippen LogP contribution in [-0.4, -0.2) is 66.9 Å². The standard InChI is InChI=1S/C20H25N3O6S/c1-20(2,3)21-30(27,28)17-9-8-16(29-17)19(26)23-12-10-22(11-13-23)18(25)14-6-4-5-7-15(14)24/h4-9,21,24H,10-13H2,1-3H3. The smallest absolute Gasteiger partial charge is 0.289 e. The Morgan fingerprint density at radius 2 is 1.53 bits per heavy atom. The van der Waals surface area contributed by atoms with Crippen LogP contribution in [0.1, 0.15) is 41.7 Å². The van der Waals surface area contributed by atoms with E-state index in [1.807, 2.05) is 0 Å². The van der Waals surface area contributed by atoms with E-state index >= 15 is 0 Å². The molecule has 2 aromatic rings. The summed E-state index contributed by atoms with van der Waals surface area (Å²) >= 11 is 0. The summed E-state index contributed by atoms with van der Waals surface area (Å²) in [6, 6.07) is 8.88. The Morgan fingerprint density at radius 3 is 2.10 bits per heavy atom. The summed E-state index contributed by atoms with van der Waals surface area (Å²) in [5.74, 6) is -0.916. The highest BCUT2D eigenvalue weighted by atomic mass is 32.2. The summed E-state index contributed by atoms with van der Waals surface area (Å²) < 4.78 is 32.5. The molecular weight excluding hydrogens is 410 g/mol. The highest BCUT2D eigenvalue weighted by Crippen LogP contribution is 2.21. The minimum absolute atomic E-state index is 0.0789. The van der Waals surface area contributed by atoms with Gasteiger partial charge in [0, 0.05) is 31.7 Å².